The minimum absolute atomic E-state index is 0.0713. The number of carbonyl (C=O) groups is 1. The van der Waals surface area contributed by atoms with Crippen LogP contribution >= 0.6 is 0 Å². The molecule has 24 heavy (non-hydrogen) atoms. The Bertz CT molecular complexity index is 618. The molecule has 5 heteroatoms. The number of piperidine rings is 1. The number of para-hydroxylation sites is 1. The lowest BCUT2D eigenvalue weighted by Gasteiger charge is -2.42. The van der Waals surface area contributed by atoms with E-state index >= 15 is 0 Å². The third kappa shape index (κ3) is 4.16. The Labute approximate surface area is 142 Å². The first-order valence-electron chi connectivity index (χ1n) is 8.53. The van der Waals surface area contributed by atoms with Crippen molar-refractivity contribution in [3.63, 3.8) is 0 Å². The molecule has 0 aromatic heterocycles. The maximum atomic E-state index is 10.7. The Morgan fingerprint density at radius 1 is 1.33 bits per heavy atom. The van der Waals surface area contributed by atoms with Gasteiger partial charge in [-0.25, -0.2) is 4.79 Å². The SMILES string of the molecule is CC1=CC2(CCN(Cc3ccccc3OCC(=O)O)CC2)OCC1. The van der Waals surface area contributed by atoms with E-state index in [1.807, 2.05) is 24.3 Å². The molecule has 0 unspecified atom stereocenters. The van der Waals surface area contributed by atoms with E-state index < -0.39 is 5.97 Å². The topological polar surface area (TPSA) is 59.0 Å². The lowest BCUT2D eigenvalue weighted by molar-refractivity contribution is -0.139. The van der Waals surface area contributed by atoms with Gasteiger partial charge in [-0.3, -0.25) is 4.90 Å². The largest absolute Gasteiger partial charge is 0.482 e. The fourth-order valence-electron chi connectivity index (χ4n) is 3.51. The van der Waals surface area contributed by atoms with Gasteiger partial charge in [-0.05, 0) is 32.3 Å². The van der Waals surface area contributed by atoms with Gasteiger partial charge in [-0.1, -0.05) is 29.8 Å². The van der Waals surface area contributed by atoms with Gasteiger partial charge in [0.15, 0.2) is 6.61 Å². The molecule has 0 radical (unpaired) electrons. The Balaban J connectivity index is 1.60. The number of ether oxygens (including phenoxy) is 2. The van der Waals surface area contributed by atoms with Crippen LogP contribution in [0.3, 0.4) is 0 Å². The lowest BCUT2D eigenvalue weighted by atomic mass is 9.87. The van der Waals surface area contributed by atoms with Gasteiger partial charge < -0.3 is 14.6 Å². The molecule has 1 aromatic carbocycles. The highest BCUT2D eigenvalue weighted by Crippen LogP contribution is 2.33. The Kier molecular flexibility index (Phi) is 5.21. The van der Waals surface area contributed by atoms with E-state index in [2.05, 4.69) is 17.9 Å². The van der Waals surface area contributed by atoms with E-state index in [1.165, 1.54) is 5.57 Å². The van der Waals surface area contributed by atoms with Gasteiger partial charge in [-0.2, -0.15) is 0 Å². The minimum Gasteiger partial charge on any atom is -0.482 e. The maximum Gasteiger partial charge on any atom is 0.341 e. The van der Waals surface area contributed by atoms with E-state index in [9.17, 15) is 4.79 Å². The fourth-order valence-corrected chi connectivity index (χ4v) is 3.51. The molecular formula is C19H25NO4. The average molecular weight is 331 g/mol. The molecular weight excluding hydrogens is 306 g/mol. The fraction of sp³-hybridized carbons (Fsp3) is 0.526. The van der Waals surface area contributed by atoms with Crippen molar-refractivity contribution in [2.45, 2.75) is 38.3 Å². The van der Waals surface area contributed by atoms with Crippen LogP contribution in [0.2, 0.25) is 0 Å². The molecule has 130 valence electrons. The summed E-state index contributed by atoms with van der Waals surface area (Å²) in [7, 11) is 0. The molecule has 2 aliphatic heterocycles. The second-order valence-corrected chi connectivity index (χ2v) is 6.72. The van der Waals surface area contributed by atoms with Gasteiger partial charge in [-0.15, -0.1) is 0 Å². The summed E-state index contributed by atoms with van der Waals surface area (Å²) in [6, 6.07) is 7.67. The van der Waals surface area contributed by atoms with E-state index in [-0.39, 0.29) is 12.2 Å². The highest BCUT2D eigenvalue weighted by atomic mass is 16.5. The monoisotopic (exact) mass is 331 g/mol. The molecule has 3 rings (SSSR count). The molecule has 1 spiro atoms. The zero-order valence-electron chi connectivity index (χ0n) is 14.2. The van der Waals surface area contributed by atoms with Crippen LogP contribution in [-0.4, -0.2) is 47.9 Å². The normalized spacial score (nSPS) is 20.6. The van der Waals surface area contributed by atoms with E-state index in [4.69, 9.17) is 14.6 Å². The second kappa shape index (κ2) is 7.36. The van der Waals surface area contributed by atoms with Gasteiger partial charge in [0.2, 0.25) is 0 Å². The van der Waals surface area contributed by atoms with Crippen molar-refractivity contribution < 1.29 is 19.4 Å². The van der Waals surface area contributed by atoms with Crippen molar-refractivity contribution in [3.8, 4) is 5.75 Å². The summed E-state index contributed by atoms with van der Waals surface area (Å²) in [6.07, 6.45) is 5.36. The number of hydrogen-bond acceptors (Lipinski definition) is 4. The number of nitrogens with zero attached hydrogens (tertiary/aromatic N) is 1. The van der Waals surface area contributed by atoms with Gasteiger partial charge in [0.25, 0.3) is 0 Å². The molecule has 1 fully saturated rings. The quantitative estimate of drug-likeness (QED) is 0.841. The molecule has 2 aliphatic rings. The highest BCUT2D eigenvalue weighted by molar-refractivity contribution is 5.68. The standard InChI is InChI=1S/C19H25NO4/c1-15-6-11-24-19(12-15)7-9-20(10-8-19)13-16-4-2-3-5-17(16)23-14-18(21)22/h2-5,12H,6-11,13-14H2,1H3,(H,21,22). The average Bonchev–Trinajstić information content (AvgIpc) is 2.56. The molecule has 0 aliphatic carbocycles. The molecule has 2 heterocycles. The minimum atomic E-state index is -0.957. The summed E-state index contributed by atoms with van der Waals surface area (Å²) in [5.74, 6) is -0.300. The number of aliphatic carboxylic acids is 1. The first-order chi connectivity index (χ1) is 11.6. The summed E-state index contributed by atoms with van der Waals surface area (Å²) in [6.45, 7) is 5.42. The van der Waals surface area contributed by atoms with Crippen molar-refractivity contribution in [3.05, 3.63) is 41.5 Å². The number of carboxylic acids is 1. The third-order valence-corrected chi connectivity index (χ3v) is 4.82. The van der Waals surface area contributed by atoms with Gasteiger partial charge in [0, 0.05) is 25.2 Å². The van der Waals surface area contributed by atoms with Crippen LogP contribution in [0.15, 0.2) is 35.9 Å². The summed E-state index contributed by atoms with van der Waals surface area (Å²) in [4.78, 5) is 13.1. The predicted octanol–water partition coefficient (Wildman–Crippen LogP) is 2.85. The molecule has 0 bridgehead atoms. The second-order valence-electron chi connectivity index (χ2n) is 6.72. The number of hydrogen-bond donors (Lipinski definition) is 1. The van der Waals surface area contributed by atoms with Crippen molar-refractivity contribution in [2.75, 3.05) is 26.3 Å². The van der Waals surface area contributed by atoms with Crippen LogP contribution in [0.4, 0.5) is 0 Å². The smallest absolute Gasteiger partial charge is 0.341 e. The summed E-state index contributed by atoms with van der Waals surface area (Å²) in [5.41, 5.74) is 2.39. The number of benzene rings is 1. The predicted molar refractivity (Wildman–Crippen MR) is 91.1 cm³/mol. The first-order valence-corrected chi connectivity index (χ1v) is 8.53. The number of carboxylic acid groups (broad SMARTS) is 1. The Hall–Kier alpha value is -1.85. The Morgan fingerprint density at radius 3 is 2.79 bits per heavy atom. The molecule has 0 amide bonds. The van der Waals surface area contributed by atoms with E-state index in [0.29, 0.717) is 5.75 Å². The van der Waals surface area contributed by atoms with Crippen LogP contribution < -0.4 is 4.74 Å². The highest BCUT2D eigenvalue weighted by Gasteiger charge is 2.35. The van der Waals surface area contributed by atoms with Crippen molar-refractivity contribution in [2.24, 2.45) is 0 Å². The maximum absolute atomic E-state index is 10.7. The first kappa shape index (κ1) is 17.0. The molecule has 5 nitrogen and oxygen atoms in total. The van der Waals surface area contributed by atoms with Gasteiger partial charge >= 0.3 is 5.97 Å². The Morgan fingerprint density at radius 2 is 2.08 bits per heavy atom. The molecule has 1 N–H and O–H groups in total. The van der Waals surface area contributed by atoms with E-state index in [1.54, 1.807) is 0 Å². The van der Waals surface area contributed by atoms with Gasteiger partial charge in [0.05, 0.1) is 12.2 Å². The third-order valence-electron chi connectivity index (χ3n) is 4.82. The molecule has 1 aromatic rings. The molecule has 1 saturated heterocycles. The van der Waals surface area contributed by atoms with Crippen molar-refractivity contribution in [1.29, 1.82) is 0 Å². The van der Waals surface area contributed by atoms with Crippen LogP contribution in [0.5, 0.6) is 5.75 Å². The summed E-state index contributed by atoms with van der Waals surface area (Å²) in [5, 5.41) is 8.79. The van der Waals surface area contributed by atoms with E-state index in [0.717, 1.165) is 51.1 Å². The van der Waals surface area contributed by atoms with Crippen LogP contribution in [0.25, 0.3) is 0 Å². The van der Waals surface area contributed by atoms with Crippen LogP contribution in [0.1, 0.15) is 31.7 Å². The molecule has 0 saturated carbocycles. The van der Waals surface area contributed by atoms with Gasteiger partial charge in [0.1, 0.15) is 5.75 Å². The van der Waals surface area contributed by atoms with Crippen molar-refractivity contribution in [1.82, 2.24) is 4.90 Å². The van der Waals surface area contributed by atoms with Crippen LogP contribution in [0, 0.1) is 0 Å². The zero-order valence-corrected chi connectivity index (χ0v) is 14.2. The number of likely N-dealkylation sites (tertiary alicyclic amines) is 1. The lowest BCUT2D eigenvalue weighted by Crippen LogP contribution is -2.46. The number of rotatable bonds is 5. The summed E-state index contributed by atoms with van der Waals surface area (Å²) < 4.78 is 11.5. The molecule has 0 atom stereocenters. The summed E-state index contributed by atoms with van der Waals surface area (Å²) >= 11 is 0. The van der Waals surface area contributed by atoms with Crippen molar-refractivity contribution >= 4 is 5.97 Å². The zero-order chi connectivity index (χ0) is 17.0. The van der Waals surface area contributed by atoms with Crippen LogP contribution in [-0.2, 0) is 16.1 Å².